The predicted octanol–water partition coefficient (Wildman–Crippen LogP) is 2.03. The second-order valence-electron chi connectivity index (χ2n) is 3.93. The van der Waals surface area contributed by atoms with E-state index >= 15 is 0 Å². The summed E-state index contributed by atoms with van der Waals surface area (Å²) in [7, 11) is 0. The van der Waals surface area contributed by atoms with Gasteiger partial charge in [0.15, 0.2) is 0 Å². The second kappa shape index (κ2) is 2.74. The van der Waals surface area contributed by atoms with Crippen LogP contribution < -0.4 is 5.32 Å². The number of hydrogen-bond acceptors (Lipinski definition) is 2. The largest absolute Gasteiger partial charge is 0.369 e. The summed E-state index contributed by atoms with van der Waals surface area (Å²) in [6.45, 7) is 2.39. The van der Waals surface area contributed by atoms with Gasteiger partial charge >= 0.3 is 0 Å². The molecule has 0 aromatic heterocycles. The fourth-order valence-electron chi connectivity index (χ4n) is 2.38. The zero-order valence-electron chi connectivity index (χ0n) is 7.66. The lowest BCUT2D eigenvalue weighted by atomic mass is 10.1. The smallest absolute Gasteiger partial charge is 0.0796 e. The Labute approximate surface area is 78.6 Å². The Morgan fingerprint density at radius 2 is 2.23 bits per heavy atom. The molecule has 1 fully saturated rings. The SMILES string of the molecule is c1ccc2c(c1)CN1CCC[C@H]1N2. The number of fused-ring (bicyclic) bond motifs is 2. The van der Waals surface area contributed by atoms with Gasteiger partial charge in [0.1, 0.15) is 0 Å². The van der Waals surface area contributed by atoms with Gasteiger partial charge in [-0.1, -0.05) is 18.2 Å². The van der Waals surface area contributed by atoms with E-state index in [9.17, 15) is 0 Å². The summed E-state index contributed by atoms with van der Waals surface area (Å²) in [5, 5.41) is 3.58. The Bertz CT molecular complexity index is 291. The molecule has 0 radical (unpaired) electrons. The number of benzene rings is 1. The Morgan fingerprint density at radius 3 is 3.23 bits per heavy atom. The predicted molar refractivity (Wildman–Crippen MR) is 53.5 cm³/mol. The first-order valence-electron chi connectivity index (χ1n) is 5.02. The molecule has 2 heterocycles. The lowest BCUT2D eigenvalue weighted by Gasteiger charge is -2.32. The molecule has 3 rings (SSSR count). The minimum Gasteiger partial charge on any atom is -0.369 e. The third kappa shape index (κ3) is 1.13. The van der Waals surface area contributed by atoms with Gasteiger partial charge in [0.25, 0.3) is 0 Å². The van der Waals surface area contributed by atoms with Gasteiger partial charge in [-0.15, -0.1) is 0 Å². The molecule has 2 aliphatic heterocycles. The van der Waals surface area contributed by atoms with Gasteiger partial charge in [0.05, 0.1) is 6.17 Å². The number of para-hydroxylation sites is 1. The summed E-state index contributed by atoms with van der Waals surface area (Å²) in [5.41, 5.74) is 2.78. The highest BCUT2D eigenvalue weighted by Gasteiger charge is 2.28. The number of nitrogens with zero attached hydrogens (tertiary/aromatic N) is 1. The third-order valence-corrected chi connectivity index (χ3v) is 3.08. The van der Waals surface area contributed by atoms with E-state index in [4.69, 9.17) is 0 Å². The molecule has 2 aliphatic rings. The minimum atomic E-state index is 0.606. The standard InChI is InChI=1S/C11H14N2/c1-2-5-10-9(4-1)8-13-7-3-6-11(13)12-10/h1-2,4-5,11-12H,3,6-8H2/t11-/m0/s1. The van der Waals surface area contributed by atoms with Crippen molar-refractivity contribution in [2.75, 3.05) is 11.9 Å². The molecule has 0 amide bonds. The molecular weight excluding hydrogens is 160 g/mol. The van der Waals surface area contributed by atoms with Crippen LogP contribution in [0.25, 0.3) is 0 Å². The first-order chi connectivity index (χ1) is 6.43. The van der Waals surface area contributed by atoms with E-state index < -0.39 is 0 Å². The Balaban J connectivity index is 1.97. The van der Waals surface area contributed by atoms with E-state index in [0.717, 1.165) is 6.54 Å². The van der Waals surface area contributed by atoms with Gasteiger partial charge in [-0.3, -0.25) is 4.90 Å². The first kappa shape index (κ1) is 7.39. The average Bonchev–Trinajstić information content (AvgIpc) is 2.61. The molecule has 2 heteroatoms. The van der Waals surface area contributed by atoms with Crippen LogP contribution in [0.2, 0.25) is 0 Å². The molecular formula is C11H14N2. The van der Waals surface area contributed by atoms with Crippen molar-refractivity contribution in [3.8, 4) is 0 Å². The Morgan fingerprint density at radius 1 is 1.31 bits per heavy atom. The summed E-state index contributed by atoms with van der Waals surface area (Å²) < 4.78 is 0. The maximum Gasteiger partial charge on any atom is 0.0796 e. The van der Waals surface area contributed by atoms with Gasteiger partial charge in [0.2, 0.25) is 0 Å². The quantitative estimate of drug-likeness (QED) is 0.647. The highest BCUT2D eigenvalue weighted by molar-refractivity contribution is 5.53. The van der Waals surface area contributed by atoms with Gasteiger partial charge in [-0.05, 0) is 24.5 Å². The van der Waals surface area contributed by atoms with Crippen molar-refractivity contribution in [2.45, 2.75) is 25.6 Å². The van der Waals surface area contributed by atoms with Crippen LogP contribution in [0.3, 0.4) is 0 Å². The van der Waals surface area contributed by atoms with Crippen LogP contribution in [-0.2, 0) is 6.54 Å². The maximum atomic E-state index is 3.58. The van der Waals surface area contributed by atoms with Crippen LogP contribution in [0, 0.1) is 0 Å². The van der Waals surface area contributed by atoms with Crippen molar-refractivity contribution in [2.24, 2.45) is 0 Å². The fourth-order valence-corrected chi connectivity index (χ4v) is 2.38. The number of rotatable bonds is 0. The van der Waals surface area contributed by atoms with Crippen molar-refractivity contribution < 1.29 is 0 Å². The van der Waals surface area contributed by atoms with Crippen LogP contribution in [0.1, 0.15) is 18.4 Å². The molecule has 0 aliphatic carbocycles. The summed E-state index contributed by atoms with van der Waals surface area (Å²) in [4.78, 5) is 2.53. The summed E-state index contributed by atoms with van der Waals surface area (Å²) >= 11 is 0. The lowest BCUT2D eigenvalue weighted by Crippen LogP contribution is -2.39. The normalized spacial score (nSPS) is 26.3. The van der Waals surface area contributed by atoms with Crippen LogP contribution >= 0.6 is 0 Å². The molecule has 0 bridgehead atoms. The molecule has 1 N–H and O–H groups in total. The second-order valence-corrected chi connectivity index (χ2v) is 3.93. The van der Waals surface area contributed by atoms with Crippen molar-refractivity contribution >= 4 is 5.69 Å². The molecule has 2 nitrogen and oxygen atoms in total. The van der Waals surface area contributed by atoms with E-state index in [0.29, 0.717) is 6.17 Å². The summed E-state index contributed by atoms with van der Waals surface area (Å²) in [6.07, 6.45) is 3.25. The van der Waals surface area contributed by atoms with E-state index in [1.807, 2.05) is 0 Å². The number of anilines is 1. The lowest BCUT2D eigenvalue weighted by molar-refractivity contribution is 0.257. The maximum absolute atomic E-state index is 3.58. The molecule has 0 spiro atoms. The zero-order chi connectivity index (χ0) is 8.67. The van der Waals surface area contributed by atoms with E-state index in [-0.39, 0.29) is 0 Å². The molecule has 1 saturated heterocycles. The van der Waals surface area contributed by atoms with Crippen molar-refractivity contribution in [1.29, 1.82) is 0 Å². The topological polar surface area (TPSA) is 15.3 Å². The minimum absolute atomic E-state index is 0.606. The van der Waals surface area contributed by atoms with Crippen LogP contribution in [-0.4, -0.2) is 17.6 Å². The summed E-state index contributed by atoms with van der Waals surface area (Å²) in [6, 6.07) is 8.63. The van der Waals surface area contributed by atoms with Crippen LogP contribution in [0.5, 0.6) is 0 Å². The molecule has 13 heavy (non-hydrogen) atoms. The number of hydrogen-bond donors (Lipinski definition) is 1. The van der Waals surface area contributed by atoms with E-state index in [1.165, 1.54) is 30.6 Å². The molecule has 68 valence electrons. The van der Waals surface area contributed by atoms with Crippen LogP contribution in [0.15, 0.2) is 24.3 Å². The highest BCUT2D eigenvalue weighted by atomic mass is 15.3. The number of nitrogens with one attached hydrogen (secondary N) is 1. The molecule has 0 unspecified atom stereocenters. The van der Waals surface area contributed by atoms with Gasteiger partial charge in [-0.25, -0.2) is 0 Å². The fraction of sp³-hybridized carbons (Fsp3) is 0.455. The molecule has 0 saturated carbocycles. The van der Waals surface area contributed by atoms with Crippen molar-refractivity contribution in [1.82, 2.24) is 4.90 Å². The molecule has 1 aromatic carbocycles. The first-order valence-corrected chi connectivity index (χ1v) is 5.02. The van der Waals surface area contributed by atoms with Gasteiger partial charge in [0, 0.05) is 18.8 Å². The molecule has 1 atom stereocenters. The average molecular weight is 174 g/mol. The van der Waals surface area contributed by atoms with E-state index in [1.54, 1.807) is 0 Å². The molecule has 1 aromatic rings. The third-order valence-electron chi connectivity index (χ3n) is 3.08. The zero-order valence-corrected chi connectivity index (χ0v) is 7.66. The van der Waals surface area contributed by atoms with Crippen molar-refractivity contribution in [3.05, 3.63) is 29.8 Å². The summed E-state index contributed by atoms with van der Waals surface area (Å²) in [5.74, 6) is 0. The van der Waals surface area contributed by atoms with Gasteiger partial charge in [-0.2, -0.15) is 0 Å². The van der Waals surface area contributed by atoms with E-state index in [2.05, 4.69) is 34.5 Å². The monoisotopic (exact) mass is 174 g/mol. The highest BCUT2D eigenvalue weighted by Crippen LogP contribution is 2.29. The van der Waals surface area contributed by atoms with Crippen molar-refractivity contribution in [3.63, 3.8) is 0 Å². The van der Waals surface area contributed by atoms with Gasteiger partial charge < -0.3 is 5.32 Å². The Hall–Kier alpha value is -1.02. The van der Waals surface area contributed by atoms with Crippen LogP contribution in [0.4, 0.5) is 5.69 Å². The Kier molecular flexibility index (Phi) is 1.56.